The van der Waals surface area contributed by atoms with Crippen LogP contribution in [-0.2, 0) is 0 Å². The molecule has 2 N–H and O–H groups in total. The normalized spacial score (nSPS) is 13.1. The van der Waals surface area contributed by atoms with E-state index in [1.165, 1.54) is 10.3 Å². The summed E-state index contributed by atoms with van der Waals surface area (Å²) in [7, 11) is 1.81. The number of aliphatic hydroxyl groups is 1. The Balaban J connectivity index is 2.21. The van der Waals surface area contributed by atoms with Gasteiger partial charge in [0.1, 0.15) is 10.8 Å². The Morgan fingerprint density at radius 2 is 2.08 bits per heavy atom. The van der Waals surface area contributed by atoms with Gasteiger partial charge in [-0.25, -0.2) is 4.98 Å². The molecule has 0 bridgehead atoms. The first-order valence-electron chi connectivity index (χ1n) is 8.46. The molecule has 0 radical (unpaired) electrons. The van der Waals surface area contributed by atoms with Gasteiger partial charge < -0.3 is 10.4 Å². The fourth-order valence-electron chi connectivity index (χ4n) is 2.63. The van der Waals surface area contributed by atoms with E-state index in [0.29, 0.717) is 5.92 Å². The van der Waals surface area contributed by atoms with Gasteiger partial charge in [0.15, 0.2) is 0 Å². The van der Waals surface area contributed by atoms with Crippen molar-refractivity contribution in [3.05, 3.63) is 34.8 Å². The van der Waals surface area contributed by atoms with Crippen molar-refractivity contribution in [1.29, 1.82) is 0 Å². The number of hydrogen-bond donors (Lipinski definition) is 2. The monoisotopic (exact) mass is 345 g/mol. The number of benzene rings is 1. The highest BCUT2D eigenvalue weighted by Gasteiger charge is 2.16. The van der Waals surface area contributed by atoms with Crippen LogP contribution >= 0.6 is 11.3 Å². The third kappa shape index (κ3) is 4.42. The zero-order valence-electron chi connectivity index (χ0n) is 15.0. The number of para-hydroxylation sites is 1. The number of fused-ring (bicyclic) bond motifs is 1. The number of nitrogens with zero attached hydrogens (tertiary/aromatic N) is 2. The molecular weight excluding hydrogens is 318 g/mol. The van der Waals surface area contributed by atoms with Crippen molar-refractivity contribution in [3.63, 3.8) is 0 Å². The second-order valence-corrected chi connectivity index (χ2v) is 7.14. The number of aliphatic imine (C=N–C) groups is 1. The number of allylic oxidation sites excluding steroid dienone is 1. The lowest BCUT2D eigenvalue weighted by Gasteiger charge is -2.16. The van der Waals surface area contributed by atoms with Crippen LogP contribution in [0.3, 0.4) is 0 Å². The smallest absolute Gasteiger partial charge is 0.130 e. The van der Waals surface area contributed by atoms with Crippen LogP contribution in [0, 0.1) is 5.92 Å². The molecule has 2 rings (SSSR count). The summed E-state index contributed by atoms with van der Waals surface area (Å²) >= 11 is 1.70. The second kappa shape index (κ2) is 8.94. The number of hydrogen-bond acceptors (Lipinski definition) is 4. The molecule has 2 aromatic rings. The minimum absolute atomic E-state index is 0.240. The van der Waals surface area contributed by atoms with Gasteiger partial charge >= 0.3 is 0 Å². The maximum atomic E-state index is 9.33. The quantitative estimate of drug-likeness (QED) is 0.586. The van der Waals surface area contributed by atoms with Gasteiger partial charge in [-0.15, -0.1) is 11.3 Å². The van der Waals surface area contributed by atoms with Crippen LogP contribution in [0.25, 0.3) is 15.8 Å². The molecule has 1 aromatic heterocycles. The summed E-state index contributed by atoms with van der Waals surface area (Å²) < 4.78 is 1.19. The number of thiazole rings is 1. The Bertz CT molecular complexity index is 692. The van der Waals surface area contributed by atoms with Gasteiger partial charge in [-0.2, -0.15) is 0 Å². The van der Waals surface area contributed by atoms with Gasteiger partial charge in [-0.1, -0.05) is 31.1 Å². The lowest BCUT2D eigenvalue weighted by atomic mass is 10.0. The summed E-state index contributed by atoms with van der Waals surface area (Å²) in [5, 5.41) is 13.8. The van der Waals surface area contributed by atoms with Crippen LogP contribution in [0.5, 0.6) is 0 Å². The first kappa shape index (κ1) is 18.6. The summed E-state index contributed by atoms with van der Waals surface area (Å²) in [6.45, 7) is 7.34. The predicted molar refractivity (Wildman–Crippen MR) is 105 cm³/mol. The average molecular weight is 346 g/mol. The van der Waals surface area contributed by atoms with Gasteiger partial charge in [0.2, 0.25) is 0 Å². The van der Waals surface area contributed by atoms with Gasteiger partial charge in [0, 0.05) is 20.2 Å². The molecule has 0 amide bonds. The van der Waals surface area contributed by atoms with E-state index in [-0.39, 0.29) is 6.61 Å². The molecule has 5 heteroatoms. The van der Waals surface area contributed by atoms with Gasteiger partial charge in [0.25, 0.3) is 0 Å². The highest BCUT2D eigenvalue weighted by Crippen LogP contribution is 2.29. The number of rotatable bonds is 7. The third-order valence-corrected chi connectivity index (χ3v) is 5.20. The van der Waals surface area contributed by atoms with E-state index in [9.17, 15) is 5.11 Å². The van der Waals surface area contributed by atoms with Crippen LogP contribution in [0.15, 0.2) is 34.8 Å². The van der Waals surface area contributed by atoms with Crippen molar-refractivity contribution in [3.8, 4) is 0 Å². The van der Waals surface area contributed by atoms with Crippen LogP contribution in [0.1, 0.15) is 38.6 Å². The standard InChI is InChI=1S/C19H27N3OS/c1-5-14(12-23)10-11-21-18(20-4)17(13(2)3)19-22-15-8-6-7-9-16(15)24-19/h6-9,14,23H,5,10-12H2,1-4H3,(H,20,21). The van der Waals surface area contributed by atoms with Crippen molar-refractivity contribution in [2.45, 2.75) is 33.6 Å². The van der Waals surface area contributed by atoms with E-state index in [0.717, 1.165) is 41.3 Å². The van der Waals surface area contributed by atoms with Crippen molar-refractivity contribution >= 4 is 33.0 Å². The van der Waals surface area contributed by atoms with E-state index in [4.69, 9.17) is 4.98 Å². The Labute approximate surface area is 148 Å². The fraction of sp³-hybridized carbons (Fsp3) is 0.474. The Hall–Kier alpha value is -1.72. The van der Waals surface area contributed by atoms with E-state index in [1.54, 1.807) is 11.3 Å². The molecule has 1 atom stereocenters. The molecule has 0 fully saturated rings. The zero-order chi connectivity index (χ0) is 17.5. The van der Waals surface area contributed by atoms with Crippen molar-refractivity contribution in [2.24, 2.45) is 10.9 Å². The molecule has 130 valence electrons. The molecular formula is C19H27N3OS. The van der Waals surface area contributed by atoms with Crippen LogP contribution in [0.2, 0.25) is 0 Å². The van der Waals surface area contributed by atoms with E-state index >= 15 is 0 Å². The molecule has 0 aliphatic rings. The first-order valence-corrected chi connectivity index (χ1v) is 9.27. The molecule has 0 saturated heterocycles. The lowest BCUT2D eigenvalue weighted by Crippen LogP contribution is -2.28. The number of aromatic nitrogens is 1. The lowest BCUT2D eigenvalue weighted by molar-refractivity contribution is 0.215. The highest BCUT2D eigenvalue weighted by atomic mass is 32.1. The fourth-order valence-corrected chi connectivity index (χ4v) is 3.75. The van der Waals surface area contributed by atoms with Gasteiger partial charge in [-0.3, -0.25) is 4.99 Å². The Morgan fingerprint density at radius 3 is 2.67 bits per heavy atom. The Kier molecular flexibility index (Phi) is 6.94. The van der Waals surface area contributed by atoms with Gasteiger partial charge in [0.05, 0.1) is 15.8 Å². The summed E-state index contributed by atoms with van der Waals surface area (Å²) in [4.78, 5) is 9.24. The third-order valence-electron chi connectivity index (χ3n) is 4.15. The van der Waals surface area contributed by atoms with Gasteiger partial charge in [-0.05, 0) is 38.3 Å². The maximum Gasteiger partial charge on any atom is 0.130 e. The van der Waals surface area contributed by atoms with Crippen molar-refractivity contribution < 1.29 is 5.11 Å². The SMILES string of the molecule is CCC(CO)CCNC(=NC)C(=C(C)C)c1nc2ccccc2s1. The minimum Gasteiger partial charge on any atom is -0.396 e. The first-order chi connectivity index (χ1) is 11.6. The molecule has 1 unspecified atom stereocenters. The van der Waals surface area contributed by atoms with E-state index in [2.05, 4.69) is 37.1 Å². The minimum atomic E-state index is 0.240. The molecule has 1 aromatic carbocycles. The summed E-state index contributed by atoms with van der Waals surface area (Å²) in [5.74, 6) is 1.22. The average Bonchev–Trinajstić information content (AvgIpc) is 3.00. The molecule has 24 heavy (non-hydrogen) atoms. The number of nitrogens with one attached hydrogen (secondary N) is 1. The largest absolute Gasteiger partial charge is 0.396 e. The molecule has 1 heterocycles. The summed E-state index contributed by atoms with van der Waals surface area (Å²) in [5.41, 5.74) is 3.30. The van der Waals surface area contributed by atoms with Crippen LogP contribution < -0.4 is 5.32 Å². The Morgan fingerprint density at radius 1 is 1.33 bits per heavy atom. The molecule has 0 aliphatic carbocycles. The van der Waals surface area contributed by atoms with Crippen LogP contribution in [-0.4, -0.2) is 36.1 Å². The summed E-state index contributed by atoms with van der Waals surface area (Å²) in [6.07, 6.45) is 1.92. The number of amidine groups is 1. The second-order valence-electron chi connectivity index (χ2n) is 6.11. The number of aliphatic hydroxyl groups excluding tert-OH is 1. The molecule has 0 saturated carbocycles. The molecule has 0 spiro atoms. The summed E-state index contributed by atoms with van der Waals surface area (Å²) in [6, 6.07) is 8.20. The zero-order valence-corrected chi connectivity index (χ0v) is 15.8. The van der Waals surface area contributed by atoms with Crippen molar-refractivity contribution in [2.75, 3.05) is 20.2 Å². The maximum absolute atomic E-state index is 9.33. The van der Waals surface area contributed by atoms with E-state index in [1.807, 2.05) is 25.2 Å². The van der Waals surface area contributed by atoms with Crippen LogP contribution in [0.4, 0.5) is 0 Å². The highest BCUT2D eigenvalue weighted by molar-refractivity contribution is 7.19. The molecule has 4 nitrogen and oxygen atoms in total. The van der Waals surface area contributed by atoms with Crippen molar-refractivity contribution in [1.82, 2.24) is 10.3 Å². The predicted octanol–water partition coefficient (Wildman–Crippen LogP) is 4.12. The topological polar surface area (TPSA) is 57.5 Å². The molecule has 0 aliphatic heterocycles. The van der Waals surface area contributed by atoms with E-state index < -0.39 is 0 Å².